The minimum Gasteiger partial charge on any atom is -0.450 e. The summed E-state index contributed by atoms with van der Waals surface area (Å²) in [5.41, 5.74) is 2.04. The fourth-order valence-electron chi connectivity index (χ4n) is 3.24. The number of rotatable bonds is 1. The fourth-order valence-corrected chi connectivity index (χ4v) is 3.53. The molecule has 1 aliphatic rings. The van der Waals surface area contributed by atoms with Crippen LogP contribution in [0.15, 0.2) is 45.6 Å². The molecular weight excluding hydrogens is 361 g/mol. The van der Waals surface area contributed by atoms with Crippen molar-refractivity contribution in [2.24, 2.45) is 0 Å². The monoisotopic (exact) mass is 373 g/mol. The Bertz CT molecular complexity index is 1090. The highest BCUT2D eigenvalue weighted by atomic mass is 35.5. The molecule has 3 aromatic rings. The molecule has 0 unspecified atom stereocenters. The van der Waals surface area contributed by atoms with Crippen molar-refractivity contribution in [3.05, 3.63) is 79.1 Å². The molecule has 126 valence electrons. The number of hydrogen-bond donors (Lipinski definition) is 0. The van der Waals surface area contributed by atoms with Crippen LogP contribution in [0, 0.1) is 6.92 Å². The molecule has 4 rings (SSSR count). The summed E-state index contributed by atoms with van der Waals surface area (Å²) in [4.78, 5) is 27.2. The molecule has 0 N–H and O–H groups in total. The molecule has 6 heteroatoms. The second kappa shape index (κ2) is 5.61. The molecular formula is C19H13Cl2NO3. The number of aryl methyl sites for hydroxylation is 1. The van der Waals surface area contributed by atoms with E-state index in [1.165, 1.54) is 4.90 Å². The first-order valence-corrected chi connectivity index (χ1v) is 8.43. The molecule has 0 spiro atoms. The highest BCUT2D eigenvalue weighted by Crippen LogP contribution is 2.37. The molecule has 0 radical (unpaired) electrons. The number of fused-ring (bicyclic) bond motifs is 2. The molecule has 1 aromatic heterocycles. The summed E-state index contributed by atoms with van der Waals surface area (Å²) in [5, 5.41) is 1.45. The Labute approximate surface area is 153 Å². The van der Waals surface area contributed by atoms with E-state index in [0.717, 1.165) is 11.1 Å². The molecule has 2 heterocycles. The summed E-state index contributed by atoms with van der Waals surface area (Å²) in [6.45, 7) is 1.82. The van der Waals surface area contributed by atoms with Crippen LogP contribution in [-0.4, -0.2) is 17.9 Å². The minimum absolute atomic E-state index is 0.0849. The van der Waals surface area contributed by atoms with Gasteiger partial charge in [0, 0.05) is 17.1 Å². The lowest BCUT2D eigenvalue weighted by Gasteiger charge is -2.20. The molecule has 0 fully saturated rings. The van der Waals surface area contributed by atoms with Gasteiger partial charge in [0.05, 0.1) is 17.0 Å². The zero-order chi connectivity index (χ0) is 17.9. The van der Waals surface area contributed by atoms with Crippen LogP contribution in [0.2, 0.25) is 10.0 Å². The quantitative estimate of drug-likeness (QED) is 0.626. The Kier molecular flexibility index (Phi) is 3.63. The van der Waals surface area contributed by atoms with E-state index in [-0.39, 0.29) is 17.1 Å². The molecule has 1 amide bonds. The van der Waals surface area contributed by atoms with Gasteiger partial charge in [-0.05, 0) is 42.3 Å². The lowest BCUT2D eigenvalue weighted by atomic mass is 9.98. The summed E-state index contributed by atoms with van der Waals surface area (Å²) in [5.74, 6) is -0.233. The van der Waals surface area contributed by atoms with Gasteiger partial charge in [0.25, 0.3) is 5.91 Å². The van der Waals surface area contributed by atoms with Gasteiger partial charge in [0.2, 0.25) is 5.76 Å². The van der Waals surface area contributed by atoms with E-state index in [0.29, 0.717) is 26.6 Å². The van der Waals surface area contributed by atoms with Crippen molar-refractivity contribution < 1.29 is 9.21 Å². The van der Waals surface area contributed by atoms with Crippen molar-refractivity contribution in [3.8, 4) is 0 Å². The number of nitrogens with zero attached hydrogens (tertiary/aromatic N) is 1. The van der Waals surface area contributed by atoms with Crippen LogP contribution >= 0.6 is 23.2 Å². The largest absolute Gasteiger partial charge is 0.450 e. The SMILES string of the molecule is Cc1cc2oc3c(c(=O)c2cc1Cl)[C@@H](c1ccc(Cl)cc1)N(C)C3=O. The second-order valence-corrected chi connectivity index (χ2v) is 6.99. The van der Waals surface area contributed by atoms with Gasteiger partial charge in [-0.2, -0.15) is 0 Å². The summed E-state index contributed by atoms with van der Waals surface area (Å²) < 4.78 is 5.80. The summed E-state index contributed by atoms with van der Waals surface area (Å²) in [7, 11) is 1.65. The fraction of sp³-hybridized carbons (Fsp3) is 0.158. The van der Waals surface area contributed by atoms with Gasteiger partial charge in [0.1, 0.15) is 5.58 Å². The third-order valence-electron chi connectivity index (χ3n) is 4.57. The first-order valence-electron chi connectivity index (χ1n) is 7.68. The Morgan fingerprint density at radius 3 is 2.44 bits per heavy atom. The molecule has 0 bridgehead atoms. The van der Waals surface area contributed by atoms with Gasteiger partial charge in [-0.25, -0.2) is 0 Å². The lowest BCUT2D eigenvalue weighted by molar-refractivity contribution is 0.0771. The number of hydrogen-bond acceptors (Lipinski definition) is 3. The first-order chi connectivity index (χ1) is 11.9. The van der Waals surface area contributed by atoms with E-state index in [9.17, 15) is 9.59 Å². The van der Waals surface area contributed by atoms with E-state index in [1.54, 1.807) is 43.4 Å². The number of halogens is 2. The van der Waals surface area contributed by atoms with Crippen LogP contribution in [0.4, 0.5) is 0 Å². The van der Waals surface area contributed by atoms with Gasteiger partial charge in [0.15, 0.2) is 5.43 Å². The van der Waals surface area contributed by atoms with Crippen molar-refractivity contribution in [3.63, 3.8) is 0 Å². The van der Waals surface area contributed by atoms with Crippen LogP contribution in [0.1, 0.15) is 33.3 Å². The highest BCUT2D eigenvalue weighted by molar-refractivity contribution is 6.32. The molecule has 25 heavy (non-hydrogen) atoms. The van der Waals surface area contributed by atoms with Crippen LogP contribution in [0.25, 0.3) is 11.0 Å². The summed E-state index contributed by atoms with van der Waals surface area (Å²) in [6, 6.07) is 9.84. The van der Waals surface area contributed by atoms with Gasteiger partial charge in [-0.15, -0.1) is 0 Å². The topological polar surface area (TPSA) is 50.5 Å². The molecule has 4 nitrogen and oxygen atoms in total. The third-order valence-corrected chi connectivity index (χ3v) is 5.23. The maximum absolute atomic E-state index is 13.1. The standard InChI is InChI=1S/C19H13Cl2NO3/c1-9-7-14-12(8-13(9)21)17(23)15-16(10-3-5-11(20)6-4-10)22(2)19(24)18(15)25-14/h3-8,16H,1-2H3/t16-/m1/s1. The second-order valence-electron chi connectivity index (χ2n) is 6.14. The van der Waals surface area contributed by atoms with Crippen molar-refractivity contribution in [2.45, 2.75) is 13.0 Å². The van der Waals surface area contributed by atoms with Crippen molar-refractivity contribution in [2.75, 3.05) is 7.05 Å². The normalized spacial score (nSPS) is 16.6. The van der Waals surface area contributed by atoms with Crippen LogP contribution in [0.3, 0.4) is 0 Å². The zero-order valence-corrected chi connectivity index (χ0v) is 15.0. The van der Waals surface area contributed by atoms with Crippen LogP contribution in [0.5, 0.6) is 0 Å². The van der Waals surface area contributed by atoms with Crippen molar-refractivity contribution in [1.29, 1.82) is 0 Å². The predicted molar refractivity (Wildman–Crippen MR) is 97.6 cm³/mol. The lowest BCUT2D eigenvalue weighted by Crippen LogP contribution is -2.25. The van der Waals surface area contributed by atoms with E-state index in [2.05, 4.69) is 0 Å². The van der Waals surface area contributed by atoms with E-state index in [4.69, 9.17) is 27.6 Å². The van der Waals surface area contributed by atoms with E-state index < -0.39 is 6.04 Å². The number of carbonyl (C=O) groups is 1. The third kappa shape index (κ3) is 2.36. The van der Waals surface area contributed by atoms with Crippen LogP contribution < -0.4 is 5.43 Å². The first kappa shape index (κ1) is 16.2. The van der Waals surface area contributed by atoms with E-state index in [1.807, 2.05) is 6.92 Å². The van der Waals surface area contributed by atoms with Crippen molar-refractivity contribution >= 4 is 40.1 Å². The maximum atomic E-state index is 13.1. The molecule has 0 saturated heterocycles. The van der Waals surface area contributed by atoms with Gasteiger partial charge >= 0.3 is 0 Å². The number of carbonyl (C=O) groups excluding carboxylic acids is 1. The molecule has 2 aromatic carbocycles. The Hall–Kier alpha value is -2.30. The van der Waals surface area contributed by atoms with Gasteiger partial charge < -0.3 is 9.32 Å². The van der Waals surface area contributed by atoms with Crippen molar-refractivity contribution in [1.82, 2.24) is 4.90 Å². The minimum atomic E-state index is -0.513. The van der Waals surface area contributed by atoms with Gasteiger partial charge in [-0.1, -0.05) is 35.3 Å². The highest BCUT2D eigenvalue weighted by Gasteiger charge is 2.40. The Balaban J connectivity index is 2.03. The van der Waals surface area contributed by atoms with Gasteiger partial charge in [-0.3, -0.25) is 9.59 Å². The van der Waals surface area contributed by atoms with Crippen LogP contribution in [-0.2, 0) is 0 Å². The summed E-state index contributed by atoms with van der Waals surface area (Å²) in [6.07, 6.45) is 0. The maximum Gasteiger partial charge on any atom is 0.290 e. The Morgan fingerprint density at radius 1 is 1.08 bits per heavy atom. The molecule has 0 saturated carbocycles. The molecule has 1 atom stereocenters. The summed E-state index contributed by atoms with van der Waals surface area (Å²) >= 11 is 12.1. The molecule has 1 aliphatic heterocycles. The average Bonchev–Trinajstić information content (AvgIpc) is 2.83. The smallest absolute Gasteiger partial charge is 0.290 e. The number of amides is 1. The molecule has 0 aliphatic carbocycles. The predicted octanol–water partition coefficient (Wildman–Crippen LogP) is 4.58. The number of benzene rings is 2. The van der Waals surface area contributed by atoms with E-state index >= 15 is 0 Å². The zero-order valence-electron chi connectivity index (χ0n) is 13.5. The average molecular weight is 374 g/mol. The Morgan fingerprint density at radius 2 is 1.76 bits per heavy atom.